The molecule has 1 aliphatic heterocycles. The zero-order valence-electron chi connectivity index (χ0n) is 16.2. The molecule has 2 bridgehead atoms. The van der Waals surface area contributed by atoms with Gasteiger partial charge >= 0.3 is 5.97 Å². The van der Waals surface area contributed by atoms with Crippen molar-refractivity contribution in [2.24, 2.45) is 35.5 Å². The van der Waals surface area contributed by atoms with E-state index in [-0.39, 0.29) is 51.8 Å². The Bertz CT molecular complexity index is 1140. The maximum absolute atomic E-state index is 13.2. The van der Waals surface area contributed by atoms with E-state index in [4.69, 9.17) is 27.9 Å². The molecular formula is C24H17Cl2NO4. The molecule has 0 N–H and O–H groups in total. The van der Waals surface area contributed by atoms with E-state index in [0.29, 0.717) is 22.5 Å². The molecule has 2 aromatic rings. The van der Waals surface area contributed by atoms with E-state index in [1.165, 1.54) is 17.0 Å². The van der Waals surface area contributed by atoms with Crippen LogP contribution in [0.2, 0.25) is 10.0 Å². The highest BCUT2D eigenvalue weighted by atomic mass is 35.5. The molecule has 6 atom stereocenters. The second-order valence-corrected chi connectivity index (χ2v) is 9.52. The van der Waals surface area contributed by atoms with Gasteiger partial charge in [0, 0.05) is 5.02 Å². The maximum atomic E-state index is 13.2. The van der Waals surface area contributed by atoms with E-state index in [2.05, 4.69) is 12.2 Å². The summed E-state index contributed by atoms with van der Waals surface area (Å²) in [5.41, 5.74) is 0.771. The predicted molar refractivity (Wildman–Crippen MR) is 115 cm³/mol. The van der Waals surface area contributed by atoms with Gasteiger partial charge in [0.15, 0.2) is 0 Å². The zero-order chi connectivity index (χ0) is 21.4. The largest absolute Gasteiger partial charge is 0.421 e. The topological polar surface area (TPSA) is 63.7 Å². The molecular weight excluding hydrogens is 437 g/mol. The molecule has 5 nitrogen and oxygen atoms in total. The third-order valence-electron chi connectivity index (χ3n) is 7.12. The number of rotatable bonds is 3. The molecule has 2 amide bonds. The highest BCUT2D eigenvalue weighted by molar-refractivity contribution is 6.35. The Hall–Kier alpha value is -2.63. The quantitative estimate of drug-likeness (QED) is 0.290. The fourth-order valence-electron chi connectivity index (χ4n) is 5.67. The number of carbonyl (C=O) groups excluding carboxylic acids is 3. The van der Waals surface area contributed by atoms with Gasteiger partial charge in [0.05, 0.1) is 28.1 Å². The van der Waals surface area contributed by atoms with Gasteiger partial charge in [-0.15, -0.1) is 0 Å². The van der Waals surface area contributed by atoms with Gasteiger partial charge in [-0.25, -0.2) is 4.79 Å². The average molecular weight is 454 g/mol. The van der Waals surface area contributed by atoms with Gasteiger partial charge < -0.3 is 4.74 Å². The second-order valence-electron chi connectivity index (χ2n) is 8.68. The maximum Gasteiger partial charge on any atom is 0.343 e. The van der Waals surface area contributed by atoms with E-state index < -0.39 is 5.97 Å². The number of anilines is 1. The molecule has 4 aliphatic carbocycles. The van der Waals surface area contributed by atoms with E-state index in [0.717, 1.165) is 6.42 Å². The summed E-state index contributed by atoms with van der Waals surface area (Å²) in [5.74, 6) is 0.354. The van der Waals surface area contributed by atoms with Crippen molar-refractivity contribution in [3.05, 3.63) is 70.2 Å². The number of imide groups is 1. The molecule has 1 saturated heterocycles. The molecule has 2 saturated carbocycles. The molecule has 7 rings (SSSR count). The highest BCUT2D eigenvalue weighted by Crippen LogP contribution is 2.65. The molecule has 5 aliphatic rings. The van der Waals surface area contributed by atoms with Gasteiger partial charge in [-0.05, 0) is 72.6 Å². The van der Waals surface area contributed by atoms with Crippen LogP contribution in [0.1, 0.15) is 16.8 Å². The summed E-state index contributed by atoms with van der Waals surface area (Å²) in [7, 11) is 0. The third kappa shape index (κ3) is 2.80. The van der Waals surface area contributed by atoms with Gasteiger partial charge in [0.2, 0.25) is 11.8 Å². The SMILES string of the molecule is O=C(Oc1ccc(Cl)cc1Cl)c1ccc(N2C(=O)[C@@H]3[C@H]4C=C[C@@H]([C@@H]5C[C@@H]45)[C@@H]3C2=O)cc1. The van der Waals surface area contributed by atoms with Gasteiger partial charge in [-0.3, -0.25) is 14.5 Å². The third-order valence-corrected chi connectivity index (χ3v) is 7.65. The zero-order valence-corrected chi connectivity index (χ0v) is 17.7. The molecule has 0 unspecified atom stereocenters. The standard InChI is InChI=1S/C24H17Cl2NO4/c25-12-3-8-19(18(26)9-12)31-24(30)11-1-4-13(5-2-11)27-22(28)20-14-6-7-15(17-10-16(14)17)21(20)23(27)29/h1-9,14-17,20-21H,10H2/t14-,15-,16-,17-,20-,21+/m0/s1. The first kappa shape index (κ1) is 19.1. The number of esters is 1. The van der Waals surface area contributed by atoms with Crippen LogP contribution in [-0.2, 0) is 9.59 Å². The summed E-state index contributed by atoms with van der Waals surface area (Å²) in [6.07, 6.45) is 5.43. The van der Waals surface area contributed by atoms with Crippen LogP contribution in [0.25, 0.3) is 0 Å². The molecule has 0 aromatic heterocycles. The number of ether oxygens (including phenoxy) is 1. The van der Waals surface area contributed by atoms with Crippen molar-refractivity contribution in [2.75, 3.05) is 4.90 Å². The number of nitrogens with zero attached hydrogens (tertiary/aromatic N) is 1. The minimum Gasteiger partial charge on any atom is -0.421 e. The Labute approximate surface area is 188 Å². The van der Waals surface area contributed by atoms with Crippen molar-refractivity contribution in [3.8, 4) is 5.75 Å². The van der Waals surface area contributed by atoms with Gasteiger partial charge in [0.25, 0.3) is 0 Å². The van der Waals surface area contributed by atoms with Crippen molar-refractivity contribution in [2.45, 2.75) is 6.42 Å². The molecule has 31 heavy (non-hydrogen) atoms. The van der Waals surface area contributed by atoms with Gasteiger partial charge in [-0.1, -0.05) is 35.4 Å². The number of carbonyl (C=O) groups is 3. The lowest BCUT2D eigenvalue weighted by atomic mass is 9.63. The van der Waals surface area contributed by atoms with Crippen LogP contribution >= 0.6 is 23.2 Å². The molecule has 7 heteroatoms. The summed E-state index contributed by atoms with van der Waals surface area (Å²) in [6.45, 7) is 0. The number of benzene rings is 2. The van der Waals surface area contributed by atoms with Crippen LogP contribution in [0.3, 0.4) is 0 Å². The van der Waals surface area contributed by atoms with E-state index in [1.54, 1.807) is 30.3 Å². The summed E-state index contributed by atoms with van der Waals surface area (Å²) >= 11 is 11.9. The Morgan fingerprint density at radius 2 is 1.52 bits per heavy atom. The van der Waals surface area contributed by atoms with Crippen molar-refractivity contribution < 1.29 is 19.1 Å². The van der Waals surface area contributed by atoms with Crippen molar-refractivity contribution in [1.29, 1.82) is 0 Å². The molecule has 0 radical (unpaired) electrons. The first-order chi connectivity index (χ1) is 14.9. The summed E-state index contributed by atoms with van der Waals surface area (Å²) < 4.78 is 5.34. The minimum atomic E-state index is -0.592. The highest BCUT2D eigenvalue weighted by Gasteiger charge is 2.67. The van der Waals surface area contributed by atoms with Gasteiger partial charge in [0.1, 0.15) is 5.75 Å². The second kappa shape index (κ2) is 6.68. The van der Waals surface area contributed by atoms with E-state index >= 15 is 0 Å². The van der Waals surface area contributed by atoms with Crippen LogP contribution in [0.15, 0.2) is 54.6 Å². The van der Waals surface area contributed by atoms with Crippen molar-refractivity contribution >= 4 is 46.7 Å². The molecule has 156 valence electrons. The minimum absolute atomic E-state index is 0.122. The van der Waals surface area contributed by atoms with Crippen molar-refractivity contribution in [3.63, 3.8) is 0 Å². The van der Waals surface area contributed by atoms with Crippen LogP contribution in [0, 0.1) is 35.5 Å². The van der Waals surface area contributed by atoms with Crippen LogP contribution in [0.5, 0.6) is 5.75 Å². The molecule has 0 spiro atoms. The number of allylic oxidation sites excluding steroid dienone is 2. The summed E-state index contributed by atoms with van der Waals surface area (Å²) in [6, 6.07) is 10.9. The number of halogens is 2. The van der Waals surface area contributed by atoms with Gasteiger partial charge in [-0.2, -0.15) is 0 Å². The van der Waals surface area contributed by atoms with Crippen molar-refractivity contribution in [1.82, 2.24) is 0 Å². The Balaban J connectivity index is 1.23. The molecule has 3 fully saturated rings. The smallest absolute Gasteiger partial charge is 0.343 e. The molecule has 2 aromatic carbocycles. The van der Waals surface area contributed by atoms with Crippen LogP contribution in [0.4, 0.5) is 5.69 Å². The fourth-order valence-corrected chi connectivity index (χ4v) is 6.12. The Kier molecular flexibility index (Phi) is 4.11. The fraction of sp³-hybridized carbons (Fsp3) is 0.292. The van der Waals surface area contributed by atoms with E-state index in [1.807, 2.05) is 0 Å². The average Bonchev–Trinajstić information content (AvgIpc) is 3.54. The molecule has 1 heterocycles. The lowest BCUT2D eigenvalue weighted by molar-refractivity contribution is -0.124. The Morgan fingerprint density at radius 3 is 2.10 bits per heavy atom. The lowest BCUT2D eigenvalue weighted by Crippen LogP contribution is -2.40. The number of hydrogen-bond acceptors (Lipinski definition) is 4. The monoisotopic (exact) mass is 453 g/mol. The number of hydrogen-bond donors (Lipinski definition) is 0. The van der Waals surface area contributed by atoms with Crippen LogP contribution in [-0.4, -0.2) is 17.8 Å². The Morgan fingerprint density at radius 1 is 0.903 bits per heavy atom. The lowest BCUT2D eigenvalue weighted by Gasteiger charge is -2.37. The number of amides is 2. The summed E-state index contributed by atoms with van der Waals surface area (Å²) in [4.78, 5) is 40.2. The van der Waals surface area contributed by atoms with Crippen LogP contribution < -0.4 is 9.64 Å². The normalized spacial score (nSPS) is 32.1. The van der Waals surface area contributed by atoms with E-state index in [9.17, 15) is 14.4 Å². The first-order valence-electron chi connectivity index (χ1n) is 10.3. The first-order valence-corrected chi connectivity index (χ1v) is 11.0. The summed E-state index contributed by atoms with van der Waals surface area (Å²) in [5, 5.41) is 0.672. The predicted octanol–water partition coefficient (Wildman–Crippen LogP) is 4.77.